The highest BCUT2D eigenvalue weighted by molar-refractivity contribution is 7.89. The highest BCUT2D eigenvalue weighted by Gasteiger charge is 2.26. The van der Waals surface area contributed by atoms with Gasteiger partial charge in [0, 0.05) is 29.5 Å². The predicted molar refractivity (Wildman–Crippen MR) is 110 cm³/mol. The molecule has 0 amide bonds. The Hall–Kier alpha value is -1.67. The van der Waals surface area contributed by atoms with Crippen molar-refractivity contribution in [2.75, 3.05) is 23.7 Å². The second-order valence-electron chi connectivity index (χ2n) is 6.17. The molecule has 26 heavy (non-hydrogen) atoms. The van der Waals surface area contributed by atoms with Crippen LogP contribution in [-0.4, -0.2) is 30.9 Å². The SMILES string of the molecule is Cc1ccc(Cl)cc1NC(=S)Nc1ccc(S(=O)(=O)N2CCCC2)cc1. The van der Waals surface area contributed by atoms with E-state index in [9.17, 15) is 8.42 Å². The summed E-state index contributed by atoms with van der Waals surface area (Å²) in [7, 11) is -3.40. The van der Waals surface area contributed by atoms with E-state index in [1.807, 2.05) is 19.1 Å². The number of benzene rings is 2. The second kappa shape index (κ2) is 7.92. The predicted octanol–water partition coefficient (Wildman–Crippen LogP) is 4.24. The monoisotopic (exact) mass is 409 g/mol. The molecule has 2 aromatic carbocycles. The Morgan fingerprint density at radius 1 is 1.08 bits per heavy atom. The molecule has 0 aromatic heterocycles. The third-order valence-electron chi connectivity index (χ3n) is 4.26. The van der Waals surface area contributed by atoms with E-state index in [4.69, 9.17) is 23.8 Å². The minimum atomic E-state index is -3.40. The Bertz CT molecular complexity index is 909. The number of nitrogens with one attached hydrogen (secondary N) is 2. The Balaban J connectivity index is 1.67. The van der Waals surface area contributed by atoms with Gasteiger partial charge in [0.2, 0.25) is 10.0 Å². The van der Waals surface area contributed by atoms with Crippen molar-refractivity contribution in [3.63, 3.8) is 0 Å². The lowest BCUT2D eigenvalue weighted by Gasteiger charge is -2.16. The molecule has 5 nitrogen and oxygen atoms in total. The maximum atomic E-state index is 12.5. The second-order valence-corrected chi connectivity index (χ2v) is 8.96. The molecule has 1 fully saturated rings. The molecule has 1 saturated heterocycles. The average molecular weight is 410 g/mol. The van der Waals surface area contributed by atoms with E-state index >= 15 is 0 Å². The number of anilines is 2. The summed E-state index contributed by atoms with van der Waals surface area (Å²) in [6, 6.07) is 12.1. The van der Waals surface area contributed by atoms with Crippen molar-refractivity contribution < 1.29 is 8.42 Å². The maximum Gasteiger partial charge on any atom is 0.243 e. The molecule has 0 atom stereocenters. The maximum absolute atomic E-state index is 12.5. The van der Waals surface area contributed by atoms with Crippen LogP contribution in [0.1, 0.15) is 18.4 Å². The van der Waals surface area contributed by atoms with Crippen LogP contribution in [0.5, 0.6) is 0 Å². The fraction of sp³-hybridized carbons (Fsp3) is 0.278. The number of halogens is 1. The normalized spacial score (nSPS) is 15.0. The summed E-state index contributed by atoms with van der Waals surface area (Å²) < 4.78 is 26.6. The van der Waals surface area contributed by atoms with Gasteiger partial charge in [0.15, 0.2) is 5.11 Å². The van der Waals surface area contributed by atoms with Crippen LogP contribution >= 0.6 is 23.8 Å². The molecule has 2 aromatic rings. The summed E-state index contributed by atoms with van der Waals surface area (Å²) in [5.74, 6) is 0. The molecule has 0 unspecified atom stereocenters. The van der Waals surface area contributed by atoms with Crippen molar-refractivity contribution in [2.45, 2.75) is 24.7 Å². The molecule has 2 N–H and O–H groups in total. The Morgan fingerprint density at radius 3 is 2.38 bits per heavy atom. The molecule has 8 heteroatoms. The van der Waals surface area contributed by atoms with Gasteiger partial charge in [0.25, 0.3) is 0 Å². The fourth-order valence-electron chi connectivity index (χ4n) is 2.80. The largest absolute Gasteiger partial charge is 0.332 e. The lowest BCUT2D eigenvalue weighted by molar-refractivity contribution is 0.477. The lowest BCUT2D eigenvalue weighted by Crippen LogP contribution is -2.27. The Kier molecular flexibility index (Phi) is 5.82. The molecule has 0 radical (unpaired) electrons. The Morgan fingerprint density at radius 2 is 1.73 bits per heavy atom. The van der Waals surface area contributed by atoms with E-state index in [0.717, 1.165) is 24.1 Å². The van der Waals surface area contributed by atoms with Crippen molar-refractivity contribution >= 4 is 50.3 Å². The zero-order valence-corrected chi connectivity index (χ0v) is 16.7. The molecule has 138 valence electrons. The minimum Gasteiger partial charge on any atom is -0.332 e. The number of rotatable bonds is 4. The summed E-state index contributed by atoms with van der Waals surface area (Å²) >= 11 is 11.3. The van der Waals surface area contributed by atoms with Gasteiger partial charge in [-0.1, -0.05) is 17.7 Å². The molecule has 1 heterocycles. The summed E-state index contributed by atoms with van der Waals surface area (Å²) in [5.41, 5.74) is 2.55. The molecule has 3 rings (SSSR count). The van der Waals surface area contributed by atoms with Crippen LogP contribution in [0.15, 0.2) is 47.4 Å². The molecule has 1 aliphatic heterocycles. The van der Waals surface area contributed by atoms with Gasteiger partial charge >= 0.3 is 0 Å². The van der Waals surface area contributed by atoms with Crippen LogP contribution in [-0.2, 0) is 10.0 Å². The first kappa shape index (κ1) is 19.1. The van der Waals surface area contributed by atoms with Gasteiger partial charge in [-0.15, -0.1) is 0 Å². The van der Waals surface area contributed by atoms with Gasteiger partial charge in [-0.05, 0) is 73.9 Å². The molecule has 0 saturated carbocycles. The van der Waals surface area contributed by atoms with E-state index in [0.29, 0.717) is 33.8 Å². The molecule has 0 aliphatic carbocycles. The highest BCUT2D eigenvalue weighted by Crippen LogP contribution is 2.23. The first-order chi connectivity index (χ1) is 12.4. The number of nitrogens with zero attached hydrogens (tertiary/aromatic N) is 1. The van der Waals surface area contributed by atoms with Crippen LogP contribution in [0.4, 0.5) is 11.4 Å². The van der Waals surface area contributed by atoms with Gasteiger partial charge in [0.1, 0.15) is 0 Å². The van der Waals surface area contributed by atoms with E-state index in [-0.39, 0.29) is 0 Å². The topological polar surface area (TPSA) is 61.4 Å². The number of hydrogen-bond acceptors (Lipinski definition) is 3. The first-order valence-corrected chi connectivity index (χ1v) is 10.5. The summed E-state index contributed by atoms with van der Waals surface area (Å²) in [6.07, 6.45) is 1.84. The molecular weight excluding hydrogens is 390 g/mol. The lowest BCUT2D eigenvalue weighted by atomic mass is 10.2. The molecule has 0 spiro atoms. The number of hydrogen-bond donors (Lipinski definition) is 2. The van der Waals surface area contributed by atoms with Crippen molar-refractivity contribution in [2.24, 2.45) is 0 Å². The van der Waals surface area contributed by atoms with E-state index in [2.05, 4.69) is 10.6 Å². The minimum absolute atomic E-state index is 0.300. The van der Waals surface area contributed by atoms with Crippen LogP contribution in [0.2, 0.25) is 5.02 Å². The summed E-state index contributed by atoms with van der Waals surface area (Å²) in [5, 5.41) is 7.18. The third-order valence-corrected chi connectivity index (χ3v) is 6.61. The van der Waals surface area contributed by atoms with Gasteiger partial charge < -0.3 is 10.6 Å². The summed E-state index contributed by atoms with van der Waals surface area (Å²) in [6.45, 7) is 3.14. The van der Waals surface area contributed by atoms with Gasteiger partial charge in [-0.25, -0.2) is 8.42 Å². The van der Waals surface area contributed by atoms with Crippen LogP contribution in [0.3, 0.4) is 0 Å². The zero-order chi connectivity index (χ0) is 18.7. The van der Waals surface area contributed by atoms with E-state index in [1.54, 1.807) is 30.3 Å². The van der Waals surface area contributed by atoms with Gasteiger partial charge in [0.05, 0.1) is 4.90 Å². The van der Waals surface area contributed by atoms with Gasteiger partial charge in [-0.3, -0.25) is 0 Å². The van der Waals surface area contributed by atoms with E-state index < -0.39 is 10.0 Å². The number of thiocarbonyl (C=S) groups is 1. The summed E-state index contributed by atoms with van der Waals surface area (Å²) in [4.78, 5) is 0.300. The third kappa shape index (κ3) is 4.35. The number of aryl methyl sites for hydroxylation is 1. The molecular formula is C18H20ClN3O2S2. The molecule has 1 aliphatic rings. The average Bonchev–Trinajstić information content (AvgIpc) is 3.14. The Labute approximate surface area is 164 Å². The van der Waals surface area contributed by atoms with Crippen molar-refractivity contribution in [3.8, 4) is 0 Å². The van der Waals surface area contributed by atoms with Crippen molar-refractivity contribution in [1.29, 1.82) is 0 Å². The highest BCUT2D eigenvalue weighted by atomic mass is 35.5. The first-order valence-electron chi connectivity index (χ1n) is 8.30. The standard InChI is InChI=1S/C18H20ClN3O2S2/c1-13-4-5-14(19)12-17(13)21-18(25)20-15-6-8-16(9-7-15)26(23,24)22-10-2-3-11-22/h4-9,12H,2-3,10-11H2,1H3,(H2,20,21,25). The van der Waals surface area contributed by atoms with Crippen LogP contribution in [0.25, 0.3) is 0 Å². The van der Waals surface area contributed by atoms with Crippen LogP contribution in [0, 0.1) is 6.92 Å². The quantitative estimate of drug-likeness (QED) is 0.739. The number of sulfonamides is 1. The smallest absolute Gasteiger partial charge is 0.243 e. The zero-order valence-electron chi connectivity index (χ0n) is 14.3. The van der Waals surface area contributed by atoms with Crippen LogP contribution < -0.4 is 10.6 Å². The van der Waals surface area contributed by atoms with Crippen molar-refractivity contribution in [3.05, 3.63) is 53.1 Å². The fourth-order valence-corrected chi connectivity index (χ4v) is 4.72. The van der Waals surface area contributed by atoms with Crippen molar-refractivity contribution in [1.82, 2.24) is 4.31 Å². The molecule has 0 bridgehead atoms. The van der Waals surface area contributed by atoms with Gasteiger partial charge in [-0.2, -0.15) is 4.31 Å². The van der Waals surface area contributed by atoms with E-state index in [1.165, 1.54) is 4.31 Å².